The van der Waals surface area contributed by atoms with Crippen molar-refractivity contribution in [1.29, 1.82) is 0 Å². The summed E-state index contributed by atoms with van der Waals surface area (Å²) >= 11 is 0. The van der Waals surface area contributed by atoms with Crippen LogP contribution in [0.5, 0.6) is 11.5 Å². The SMILES string of the molecule is CCn1nc(C)cc1C(=O)Nc1nc2cc(C(N)=O)cc(OC/C=C/Cn3cc(NC)cn3)c2n1C/C=C/Cn1c(NC(=O)c2cc(C)nn2CC)nc2cc(C(N)=O)cc(OCCCNC)c21. The normalized spacial score (nSPS) is 11.6. The van der Waals surface area contributed by atoms with Crippen molar-refractivity contribution < 1.29 is 28.7 Å². The second kappa shape index (κ2) is 21.4. The van der Waals surface area contributed by atoms with E-state index in [4.69, 9.17) is 30.9 Å². The number of primary amides is 2. The van der Waals surface area contributed by atoms with Gasteiger partial charge in [0.05, 0.1) is 47.5 Å². The number of benzene rings is 2. The molecule has 0 fully saturated rings. The van der Waals surface area contributed by atoms with Crippen LogP contribution in [0.3, 0.4) is 0 Å². The Bertz CT molecular complexity index is 3040. The summed E-state index contributed by atoms with van der Waals surface area (Å²) in [7, 11) is 3.66. The molecule has 0 unspecified atom stereocenters. The van der Waals surface area contributed by atoms with Gasteiger partial charge in [0, 0.05) is 50.6 Å². The first-order valence-corrected chi connectivity index (χ1v) is 22.1. The third-order valence-electron chi connectivity index (χ3n) is 10.8. The van der Waals surface area contributed by atoms with Crippen molar-refractivity contribution in [3.05, 3.63) is 107 Å². The van der Waals surface area contributed by atoms with Crippen LogP contribution in [0.2, 0.25) is 0 Å². The Labute approximate surface area is 391 Å². The number of hydrogen-bond donors (Lipinski definition) is 6. The summed E-state index contributed by atoms with van der Waals surface area (Å²) in [5.41, 5.74) is 16.5. The van der Waals surface area contributed by atoms with Gasteiger partial charge in [0.2, 0.25) is 23.7 Å². The summed E-state index contributed by atoms with van der Waals surface area (Å²) in [5, 5.41) is 25.3. The van der Waals surface area contributed by atoms with Crippen LogP contribution >= 0.6 is 0 Å². The van der Waals surface area contributed by atoms with E-state index in [1.165, 1.54) is 0 Å². The Kier molecular flexibility index (Phi) is 15.0. The predicted octanol–water partition coefficient (Wildman–Crippen LogP) is 4.26. The molecule has 5 aromatic heterocycles. The number of imidazole rings is 2. The average Bonchev–Trinajstić information content (AvgIpc) is 4.16. The Morgan fingerprint density at radius 3 is 1.68 bits per heavy atom. The summed E-state index contributed by atoms with van der Waals surface area (Å²) in [4.78, 5) is 62.4. The molecule has 0 bridgehead atoms. The molecule has 0 saturated carbocycles. The molecule has 0 aliphatic carbocycles. The zero-order valence-corrected chi connectivity index (χ0v) is 38.9. The van der Waals surface area contributed by atoms with E-state index in [1.807, 2.05) is 58.4 Å². The monoisotopic (exact) mass is 928 g/mol. The highest BCUT2D eigenvalue weighted by Gasteiger charge is 2.24. The molecule has 0 spiro atoms. The predicted molar refractivity (Wildman–Crippen MR) is 257 cm³/mol. The van der Waals surface area contributed by atoms with E-state index < -0.39 is 23.6 Å². The van der Waals surface area contributed by atoms with E-state index in [-0.39, 0.29) is 42.7 Å². The molecule has 7 aromatic rings. The average molecular weight is 929 g/mol. The topological polar surface area (TPSA) is 276 Å². The van der Waals surface area contributed by atoms with Gasteiger partial charge in [0.1, 0.15) is 40.5 Å². The van der Waals surface area contributed by atoms with Crippen molar-refractivity contribution in [1.82, 2.24) is 53.8 Å². The summed E-state index contributed by atoms with van der Waals surface area (Å²) in [6, 6.07) is 9.60. The van der Waals surface area contributed by atoms with Gasteiger partial charge < -0.3 is 40.7 Å². The minimum Gasteiger partial charge on any atom is -0.491 e. The molecule has 22 nitrogen and oxygen atoms in total. The zero-order chi connectivity index (χ0) is 48.5. The quantitative estimate of drug-likeness (QED) is 0.0387. The van der Waals surface area contributed by atoms with Gasteiger partial charge in [-0.3, -0.25) is 43.9 Å². The Hall–Kier alpha value is -8.27. The van der Waals surface area contributed by atoms with Crippen LogP contribution in [0, 0.1) is 13.8 Å². The van der Waals surface area contributed by atoms with Crippen LogP contribution in [0.4, 0.5) is 17.6 Å². The second-order valence-electron chi connectivity index (χ2n) is 15.6. The number of fused-ring (bicyclic) bond motifs is 2. The number of nitrogens with zero attached hydrogens (tertiary/aromatic N) is 10. The van der Waals surface area contributed by atoms with Crippen LogP contribution in [0.1, 0.15) is 73.3 Å². The third kappa shape index (κ3) is 10.7. The molecule has 68 heavy (non-hydrogen) atoms. The number of rotatable bonds is 23. The minimum atomic E-state index is -0.688. The molecule has 0 aliphatic rings. The van der Waals surface area contributed by atoms with Crippen molar-refractivity contribution in [2.75, 3.05) is 49.8 Å². The number of anilines is 3. The number of carbonyl (C=O) groups is 4. The van der Waals surface area contributed by atoms with E-state index in [0.29, 0.717) is 95.5 Å². The number of nitrogens with two attached hydrogens (primary N) is 2. The zero-order valence-electron chi connectivity index (χ0n) is 38.9. The summed E-state index contributed by atoms with van der Waals surface area (Å²) < 4.78 is 21.1. The fraction of sp³-hybridized carbons (Fsp3) is 0.326. The van der Waals surface area contributed by atoms with E-state index in [1.54, 1.807) is 79.6 Å². The van der Waals surface area contributed by atoms with Gasteiger partial charge in [0.25, 0.3) is 11.8 Å². The van der Waals surface area contributed by atoms with Crippen molar-refractivity contribution in [3.8, 4) is 11.5 Å². The molecule has 0 atom stereocenters. The van der Waals surface area contributed by atoms with E-state index in [0.717, 1.165) is 5.69 Å². The fourth-order valence-corrected chi connectivity index (χ4v) is 7.55. The fourth-order valence-electron chi connectivity index (χ4n) is 7.55. The third-order valence-corrected chi connectivity index (χ3v) is 10.8. The van der Waals surface area contributed by atoms with Gasteiger partial charge in [-0.05, 0) is 90.2 Å². The number of hydrogen-bond acceptors (Lipinski definition) is 13. The van der Waals surface area contributed by atoms with Gasteiger partial charge in [-0.2, -0.15) is 15.3 Å². The molecule has 4 amide bonds. The molecule has 0 aliphatic heterocycles. The number of nitrogens with one attached hydrogen (secondary N) is 4. The maximum atomic E-state index is 13.9. The smallest absolute Gasteiger partial charge is 0.276 e. The lowest BCUT2D eigenvalue weighted by atomic mass is 10.1. The van der Waals surface area contributed by atoms with Crippen molar-refractivity contribution in [2.45, 2.75) is 66.8 Å². The first-order chi connectivity index (χ1) is 32.8. The maximum absolute atomic E-state index is 13.9. The number of amides is 4. The first-order valence-electron chi connectivity index (χ1n) is 22.1. The van der Waals surface area contributed by atoms with Crippen LogP contribution < -0.4 is 42.2 Å². The maximum Gasteiger partial charge on any atom is 0.276 e. The van der Waals surface area contributed by atoms with Crippen molar-refractivity contribution >= 4 is 63.3 Å². The summed E-state index contributed by atoms with van der Waals surface area (Å²) in [6.07, 6.45) is 11.7. The second-order valence-corrected chi connectivity index (χ2v) is 15.6. The number of ether oxygens (including phenoxy) is 2. The molecule has 356 valence electrons. The Morgan fingerprint density at radius 2 is 1.21 bits per heavy atom. The van der Waals surface area contributed by atoms with Crippen LogP contribution in [0.25, 0.3) is 22.1 Å². The first kappa shape index (κ1) is 47.7. The number of carbonyl (C=O) groups excluding carboxylic acids is 4. The van der Waals surface area contributed by atoms with Crippen LogP contribution in [0.15, 0.2) is 73.1 Å². The Balaban J connectivity index is 1.27. The van der Waals surface area contributed by atoms with Gasteiger partial charge in [0.15, 0.2) is 0 Å². The summed E-state index contributed by atoms with van der Waals surface area (Å²) in [6.45, 7) is 10.2. The Morgan fingerprint density at radius 1 is 0.691 bits per heavy atom. The molecule has 0 radical (unpaired) electrons. The van der Waals surface area contributed by atoms with Crippen molar-refractivity contribution in [2.24, 2.45) is 11.5 Å². The largest absolute Gasteiger partial charge is 0.491 e. The van der Waals surface area contributed by atoms with Gasteiger partial charge in [-0.15, -0.1) is 0 Å². The lowest BCUT2D eigenvalue weighted by Crippen LogP contribution is -2.20. The molecular weight excluding hydrogens is 873 g/mol. The standard InChI is InChI=1S/C46H56N16O6/c1-7-61-35(20-28(3)56-61)43(65)54-45-52-33-22-30(41(47)63)24-37(67-18-12-11-15-58-27-32(50-6)26-51-58)39(33)59(45)16-9-10-17-60-40-34(23-31(42(48)64)25-38(40)68-19-13-14-49-5)53-46(60)55-44(66)36-21-29(4)57-62(36)8-2/h9-12,20-27,49-50H,7-8,13-19H2,1-6H3,(H2,47,63)(H2,48,64)(H,52,54,65)(H,53,55,66)/b10-9+,12-11+. The lowest BCUT2D eigenvalue weighted by Gasteiger charge is -2.13. The highest BCUT2D eigenvalue weighted by atomic mass is 16.5. The molecular formula is C46H56N16O6. The highest BCUT2D eigenvalue weighted by Crippen LogP contribution is 2.33. The van der Waals surface area contributed by atoms with Crippen LogP contribution in [-0.4, -0.2) is 106 Å². The molecule has 7 rings (SSSR count). The summed E-state index contributed by atoms with van der Waals surface area (Å²) in [5.74, 6) is -1.25. The number of allylic oxidation sites excluding steroid dienone is 3. The van der Waals surface area contributed by atoms with E-state index in [2.05, 4.69) is 36.6 Å². The molecule has 22 heteroatoms. The lowest BCUT2D eigenvalue weighted by molar-refractivity contribution is 0.0991. The molecule has 0 saturated heterocycles. The van der Waals surface area contributed by atoms with Crippen LogP contribution in [-0.2, 0) is 32.7 Å². The minimum absolute atomic E-state index is 0.118. The van der Waals surface area contributed by atoms with E-state index >= 15 is 0 Å². The highest BCUT2D eigenvalue weighted by molar-refractivity contribution is 6.05. The molecule has 2 aromatic carbocycles. The molecule has 5 heterocycles. The van der Waals surface area contributed by atoms with Gasteiger partial charge in [-0.25, -0.2) is 9.97 Å². The van der Waals surface area contributed by atoms with Gasteiger partial charge >= 0.3 is 0 Å². The molecule has 8 N–H and O–H groups in total. The van der Waals surface area contributed by atoms with Gasteiger partial charge in [-0.1, -0.05) is 18.2 Å². The number of aryl methyl sites for hydroxylation is 4. The number of aromatic nitrogens is 10. The van der Waals surface area contributed by atoms with Crippen molar-refractivity contribution in [3.63, 3.8) is 0 Å². The van der Waals surface area contributed by atoms with E-state index in [9.17, 15) is 19.2 Å².